The lowest BCUT2D eigenvalue weighted by atomic mass is 9.99. The van der Waals surface area contributed by atoms with Crippen LogP contribution in [-0.4, -0.2) is 5.11 Å². The number of hydrogen-bond donors (Lipinski definition) is 1. The summed E-state index contributed by atoms with van der Waals surface area (Å²) in [7, 11) is 0. The lowest BCUT2D eigenvalue weighted by Crippen LogP contribution is -2.03. The first-order valence-corrected chi connectivity index (χ1v) is 5.75. The normalized spacial score (nSPS) is 12.5. The molecule has 0 spiro atoms. The van der Waals surface area contributed by atoms with Crippen LogP contribution < -0.4 is 0 Å². The van der Waals surface area contributed by atoms with Crippen molar-refractivity contribution >= 4 is 11.6 Å². The minimum atomic E-state index is -1.21. The van der Waals surface area contributed by atoms with Gasteiger partial charge in [0.15, 0.2) is 0 Å². The van der Waals surface area contributed by atoms with Crippen LogP contribution >= 0.6 is 11.6 Å². The van der Waals surface area contributed by atoms with Gasteiger partial charge in [0, 0.05) is 10.6 Å². The van der Waals surface area contributed by atoms with Crippen LogP contribution in [0.2, 0.25) is 5.02 Å². The number of halogens is 3. The zero-order valence-electron chi connectivity index (χ0n) is 9.62. The van der Waals surface area contributed by atoms with Gasteiger partial charge in [-0.1, -0.05) is 23.7 Å². The van der Waals surface area contributed by atoms with Crippen molar-refractivity contribution in [2.75, 3.05) is 0 Å². The van der Waals surface area contributed by atoms with Gasteiger partial charge in [-0.25, -0.2) is 8.78 Å². The van der Waals surface area contributed by atoms with E-state index in [4.69, 9.17) is 11.6 Å². The molecule has 0 fully saturated rings. The summed E-state index contributed by atoms with van der Waals surface area (Å²) >= 11 is 5.64. The third-order valence-electron chi connectivity index (χ3n) is 2.64. The third-order valence-corrected chi connectivity index (χ3v) is 2.87. The van der Waals surface area contributed by atoms with Crippen molar-refractivity contribution in [1.82, 2.24) is 0 Å². The molecule has 1 nitrogen and oxygen atoms in total. The number of hydrogen-bond acceptors (Lipinski definition) is 1. The molecule has 0 bridgehead atoms. The van der Waals surface area contributed by atoms with Crippen molar-refractivity contribution in [2.24, 2.45) is 0 Å². The summed E-state index contributed by atoms with van der Waals surface area (Å²) in [4.78, 5) is 0. The summed E-state index contributed by atoms with van der Waals surface area (Å²) in [6.45, 7) is 1.71. The van der Waals surface area contributed by atoms with Crippen molar-refractivity contribution in [3.63, 3.8) is 0 Å². The lowest BCUT2D eigenvalue weighted by molar-refractivity contribution is 0.214. The maximum absolute atomic E-state index is 13.6. The van der Waals surface area contributed by atoms with Gasteiger partial charge in [-0.2, -0.15) is 0 Å². The van der Waals surface area contributed by atoms with Crippen LogP contribution in [0.15, 0.2) is 36.4 Å². The maximum Gasteiger partial charge on any atom is 0.130 e. The van der Waals surface area contributed by atoms with E-state index in [0.29, 0.717) is 11.1 Å². The third kappa shape index (κ3) is 2.68. The molecule has 0 radical (unpaired) electrons. The standard InChI is InChI=1S/C14H11ClF2O/c1-8-4-9(6-11(16)5-8)14(18)12-3-2-10(15)7-13(12)17/h2-7,14,18H,1H3. The fraction of sp³-hybridized carbons (Fsp3) is 0.143. The second-order valence-electron chi connectivity index (χ2n) is 4.13. The summed E-state index contributed by atoms with van der Waals surface area (Å²) in [5, 5.41) is 10.3. The van der Waals surface area contributed by atoms with Gasteiger partial charge in [0.25, 0.3) is 0 Å². The molecule has 1 unspecified atom stereocenters. The van der Waals surface area contributed by atoms with Gasteiger partial charge in [-0.05, 0) is 42.3 Å². The Labute approximate surface area is 109 Å². The summed E-state index contributed by atoms with van der Waals surface area (Å²) in [6.07, 6.45) is -1.21. The first kappa shape index (κ1) is 13.0. The molecule has 0 saturated carbocycles. The topological polar surface area (TPSA) is 20.2 Å². The molecular formula is C14H11ClF2O. The van der Waals surface area contributed by atoms with E-state index in [0.717, 1.165) is 6.07 Å². The fourth-order valence-electron chi connectivity index (χ4n) is 1.83. The van der Waals surface area contributed by atoms with Crippen LogP contribution in [-0.2, 0) is 0 Å². The molecule has 0 aliphatic carbocycles. The first-order valence-electron chi connectivity index (χ1n) is 5.37. The minimum absolute atomic E-state index is 0.0735. The molecule has 0 aromatic heterocycles. The number of aliphatic hydroxyl groups excluding tert-OH is 1. The van der Waals surface area contributed by atoms with Crippen molar-refractivity contribution in [2.45, 2.75) is 13.0 Å². The highest BCUT2D eigenvalue weighted by Crippen LogP contribution is 2.27. The Hall–Kier alpha value is -1.45. The molecule has 4 heteroatoms. The molecular weight excluding hydrogens is 258 g/mol. The van der Waals surface area contributed by atoms with Crippen LogP contribution in [0.25, 0.3) is 0 Å². The molecule has 2 aromatic carbocycles. The monoisotopic (exact) mass is 268 g/mol. The smallest absolute Gasteiger partial charge is 0.130 e. The predicted octanol–water partition coefficient (Wildman–Crippen LogP) is 4.01. The Bertz CT molecular complexity index is 564. The van der Waals surface area contributed by atoms with E-state index in [2.05, 4.69) is 0 Å². The first-order chi connectivity index (χ1) is 8.47. The van der Waals surface area contributed by atoms with Crippen LogP contribution in [0, 0.1) is 18.6 Å². The number of rotatable bonds is 2. The maximum atomic E-state index is 13.6. The van der Waals surface area contributed by atoms with Gasteiger partial charge in [0.2, 0.25) is 0 Å². The van der Waals surface area contributed by atoms with E-state index in [-0.39, 0.29) is 10.6 Å². The second-order valence-corrected chi connectivity index (χ2v) is 4.57. The summed E-state index contributed by atoms with van der Waals surface area (Å²) < 4.78 is 26.9. The van der Waals surface area contributed by atoms with Gasteiger partial charge >= 0.3 is 0 Å². The molecule has 0 amide bonds. The van der Waals surface area contributed by atoms with Crippen molar-refractivity contribution < 1.29 is 13.9 Å². The van der Waals surface area contributed by atoms with E-state index < -0.39 is 17.7 Å². The molecule has 94 valence electrons. The average molecular weight is 269 g/mol. The van der Waals surface area contributed by atoms with E-state index in [1.165, 1.54) is 24.3 Å². The summed E-state index contributed by atoms with van der Waals surface area (Å²) in [6, 6.07) is 8.13. The van der Waals surface area contributed by atoms with Gasteiger partial charge in [0.05, 0.1) is 0 Å². The molecule has 0 saturated heterocycles. The highest BCUT2D eigenvalue weighted by Gasteiger charge is 2.16. The number of aliphatic hydroxyl groups is 1. The number of benzene rings is 2. The van der Waals surface area contributed by atoms with Gasteiger partial charge in [-0.3, -0.25) is 0 Å². The van der Waals surface area contributed by atoms with Crippen molar-refractivity contribution in [1.29, 1.82) is 0 Å². The van der Waals surface area contributed by atoms with Crippen LogP contribution in [0.4, 0.5) is 8.78 Å². The minimum Gasteiger partial charge on any atom is -0.384 e. The number of aryl methyl sites for hydroxylation is 1. The predicted molar refractivity (Wildman–Crippen MR) is 66.6 cm³/mol. The SMILES string of the molecule is Cc1cc(F)cc(C(O)c2ccc(Cl)cc2F)c1. The Morgan fingerprint density at radius 2 is 1.83 bits per heavy atom. The Morgan fingerprint density at radius 1 is 1.11 bits per heavy atom. The molecule has 18 heavy (non-hydrogen) atoms. The van der Waals surface area contributed by atoms with Crippen molar-refractivity contribution in [3.05, 3.63) is 69.7 Å². The molecule has 0 heterocycles. The molecule has 1 atom stereocenters. The lowest BCUT2D eigenvalue weighted by Gasteiger charge is -2.13. The quantitative estimate of drug-likeness (QED) is 0.873. The van der Waals surface area contributed by atoms with Gasteiger partial charge in [-0.15, -0.1) is 0 Å². The highest BCUT2D eigenvalue weighted by atomic mass is 35.5. The van der Waals surface area contributed by atoms with Crippen LogP contribution in [0.5, 0.6) is 0 Å². The van der Waals surface area contributed by atoms with Gasteiger partial charge in [0.1, 0.15) is 17.7 Å². The molecule has 2 rings (SSSR count). The zero-order valence-corrected chi connectivity index (χ0v) is 10.4. The fourth-order valence-corrected chi connectivity index (χ4v) is 1.98. The van der Waals surface area contributed by atoms with Gasteiger partial charge < -0.3 is 5.11 Å². The van der Waals surface area contributed by atoms with Crippen molar-refractivity contribution in [3.8, 4) is 0 Å². The Balaban J connectivity index is 2.44. The Kier molecular flexibility index (Phi) is 3.64. The zero-order chi connectivity index (χ0) is 13.3. The summed E-state index contributed by atoms with van der Waals surface area (Å²) in [5.41, 5.74) is 1.05. The molecule has 1 N–H and O–H groups in total. The van der Waals surface area contributed by atoms with E-state index in [1.807, 2.05) is 0 Å². The van der Waals surface area contributed by atoms with Crippen LogP contribution in [0.1, 0.15) is 22.8 Å². The Morgan fingerprint density at radius 3 is 2.44 bits per heavy atom. The molecule has 2 aromatic rings. The van der Waals surface area contributed by atoms with Crippen LogP contribution in [0.3, 0.4) is 0 Å². The van der Waals surface area contributed by atoms with E-state index >= 15 is 0 Å². The second kappa shape index (κ2) is 5.04. The summed E-state index contributed by atoms with van der Waals surface area (Å²) in [5.74, 6) is -1.07. The average Bonchev–Trinajstić information content (AvgIpc) is 2.26. The largest absolute Gasteiger partial charge is 0.384 e. The highest BCUT2D eigenvalue weighted by molar-refractivity contribution is 6.30. The van der Waals surface area contributed by atoms with E-state index in [1.54, 1.807) is 13.0 Å². The van der Waals surface area contributed by atoms with E-state index in [9.17, 15) is 13.9 Å². The molecule has 0 aliphatic rings. The molecule has 0 aliphatic heterocycles.